The summed E-state index contributed by atoms with van der Waals surface area (Å²) in [5.74, 6) is 0.651. The lowest BCUT2D eigenvalue weighted by molar-refractivity contribution is 0.0746. The molecule has 1 atom stereocenters. The van der Waals surface area contributed by atoms with Gasteiger partial charge in [0.1, 0.15) is 5.82 Å². The molecular formula is C22H26N6O3S. The van der Waals surface area contributed by atoms with E-state index in [4.69, 9.17) is 0 Å². The van der Waals surface area contributed by atoms with Gasteiger partial charge in [0.05, 0.1) is 11.8 Å². The molecule has 0 N–H and O–H groups in total. The van der Waals surface area contributed by atoms with Crippen molar-refractivity contribution in [3.63, 3.8) is 0 Å². The average Bonchev–Trinajstić information content (AvgIpc) is 3.46. The number of aromatic nitrogens is 3. The number of para-hydroxylation sites is 1. The van der Waals surface area contributed by atoms with E-state index in [2.05, 4.69) is 27.2 Å². The number of hydrogen-bond acceptors (Lipinski definition) is 6. The number of carbonyl (C=O) groups excluding carboxylic acids is 1. The van der Waals surface area contributed by atoms with Gasteiger partial charge >= 0.3 is 0 Å². The molecule has 0 radical (unpaired) electrons. The fourth-order valence-electron chi connectivity index (χ4n) is 4.54. The highest BCUT2D eigenvalue weighted by molar-refractivity contribution is 7.88. The molecule has 0 bridgehead atoms. The lowest BCUT2D eigenvalue weighted by Crippen LogP contribution is -2.48. The minimum Gasteiger partial charge on any atom is -0.368 e. The molecule has 2 saturated heterocycles. The van der Waals surface area contributed by atoms with Gasteiger partial charge in [-0.25, -0.2) is 12.7 Å². The van der Waals surface area contributed by atoms with Crippen LogP contribution in [0.2, 0.25) is 0 Å². The van der Waals surface area contributed by atoms with Crippen molar-refractivity contribution in [3.05, 3.63) is 60.0 Å². The van der Waals surface area contributed by atoms with Crippen LogP contribution < -0.4 is 4.90 Å². The first kappa shape index (κ1) is 20.9. The minimum absolute atomic E-state index is 0.0107. The number of sulfonamides is 1. The SMILES string of the molecule is CS(=O)(=O)N1CCC(c2nnc3ccc(C(=O)N4CCN(c5ccccc5)CC4)cn23)C1. The molecule has 2 aliphatic rings. The van der Waals surface area contributed by atoms with Gasteiger partial charge in [-0.1, -0.05) is 18.2 Å². The number of piperazine rings is 1. The first-order valence-electron chi connectivity index (χ1n) is 10.8. The van der Waals surface area contributed by atoms with E-state index in [1.165, 1.54) is 16.2 Å². The first-order valence-corrected chi connectivity index (χ1v) is 12.6. The summed E-state index contributed by atoms with van der Waals surface area (Å²) < 4.78 is 27.1. The molecule has 2 aromatic heterocycles. The van der Waals surface area contributed by atoms with Crippen molar-refractivity contribution < 1.29 is 13.2 Å². The third kappa shape index (κ3) is 3.95. The molecule has 4 heterocycles. The maximum atomic E-state index is 13.2. The summed E-state index contributed by atoms with van der Waals surface area (Å²) in [6.07, 6.45) is 3.71. The number of pyridine rings is 1. The molecule has 1 aromatic carbocycles. The Labute approximate surface area is 187 Å². The first-order chi connectivity index (χ1) is 15.4. The van der Waals surface area contributed by atoms with Crippen LogP contribution in [0.25, 0.3) is 5.65 Å². The van der Waals surface area contributed by atoms with Gasteiger partial charge in [0, 0.05) is 57.1 Å². The summed E-state index contributed by atoms with van der Waals surface area (Å²) >= 11 is 0. The zero-order valence-corrected chi connectivity index (χ0v) is 18.8. The Morgan fingerprint density at radius 1 is 0.969 bits per heavy atom. The van der Waals surface area contributed by atoms with E-state index in [-0.39, 0.29) is 11.8 Å². The Morgan fingerprint density at radius 2 is 1.72 bits per heavy atom. The Morgan fingerprint density at radius 3 is 2.41 bits per heavy atom. The Bertz CT molecular complexity index is 1240. The van der Waals surface area contributed by atoms with Crippen LogP contribution in [0, 0.1) is 0 Å². The third-order valence-electron chi connectivity index (χ3n) is 6.35. The van der Waals surface area contributed by atoms with Gasteiger partial charge in [-0.05, 0) is 30.7 Å². The molecule has 10 heteroatoms. The van der Waals surface area contributed by atoms with Gasteiger partial charge in [-0.15, -0.1) is 10.2 Å². The monoisotopic (exact) mass is 454 g/mol. The number of nitrogens with zero attached hydrogens (tertiary/aromatic N) is 6. The molecule has 2 fully saturated rings. The number of anilines is 1. The van der Waals surface area contributed by atoms with Crippen molar-refractivity contribution in [3.8, 4) is 0 Å². The van der Waals surface area contributed by atoms with Crippen molar-refractivity contribution in [1.82, 2.24) is 23.8 Å². The number of rotatable bonds is 4. The molecule has 5 rings (SSSR count). The van der Waals surface area contributed by atoms with Crippen LogP contribution in [0.4, 0.5) is 5.69 Å². The van der Waals surface area contributed by atoms with Crippen LogP contribution in [-0.2, 0) is 10.0 Å². The zero-order valence-electron chi connectivity index (χ0n) is 18.0. The third-order valence-corrected chi connectivity index (χ3v) is 7.62. The van der Waals surface area contributed by atoms with Crippen molar-refractivity contribution in [1.29, 1.82) is 0 Å². The molecule has 2 aliphatic heterocycles. The topological polar surface area (TPSA) is 91.1 Å². The average molecular weight is 455 g/mol. The maximum absolute atomic E-state index is 13.2. The summed E-state index contributed by atoms with van der Waals surface area (Å²) in [7, 11) is -3.23. The molecule has 168 valence electrons. The van der Waals surface area contributed by atoms with E-state index in [1.807, 2.05) is 27.5 Å². The number of carbonyl (C=O) groups is 1. The van der Waals surface area contributed by atoms with Crippen LogP contribution >= 0.6 is 0 Å². The van der Waals surface area contributed by atoms with E-state index < -0.39 is 10.0 Å². The molecule has 32 heavy (non-hydrogen) atoms. The highest BCUT2D eigenvalue weighted by atomic mass is 32.2. The van der Waals surface area contributed by atoms with E-state index in [0.717, 1.165) is 13.1 Å². The number of fused-ring (bicyclic) bond motifs is 1. The molecular weight excluding hydrogens is 428 g/mol. The van der Waals surface area contributed by atoms with E-state index in [1.54, 1.807) is 18.3 Å². The maximum Gasteiger partial charge on any atom is 0.255 e. The number of amides is 1. The van der Waals surface area contributed by atoms with Gasteiger partial charge in [0.2, 0.25) is 10.0 Å². The van der Waals surface area contributed by atoms with Crippen LogP contribution in [0.1, 0.15) is 28.5 Å². The number of benzene rings is 1. The van der Waals surface area contributed by atoms with Crippen LogP contribution in [0.15, 0.2) is 48.7 Å². The lowest BCUT2D eigenvalue weighted by atomic mass is 10.1. The zero-order chi connectivity index (χ0) is 22.3. The molecule has 1 amide bonds. The number of hydrogen-bond donors (Lipinski definition) is 0. The summed E-state index contributed by atoms with van der Waals surface area (Å²) in [5, 5.41) is 8.53. The van der Waals surface area contributed by atoms with Crippen molar-refractivity contribution >= 4 is 27.3 Å². The van der Waals surface area contributed by atoms with E-state index in [0.29, 0.717) is 49.6 Å². The molecule has 0 aliphatic carbocycles. The molecule has 0 spiro atoms. The summed E-state index contributed by atoms with van der Waals surface area (Å²) in [6, 6.07) is 13.8. The van der Waals surface area contributed by atoms with E-state index >= 15 is 0 Å². The van der Waals surface area contributed by atoms with E-state index in [9.17, 15) is 13.2 Å². The predicted octanol–water partition coefficient (Wildman–Crippen LogP) is 1.44. The molecule has 3 aromatic rings. The lowest BCUT2D eigenvalue weighted by Gasteiger charge is -2.36. The predicted molar refractivity (Wildman–Crippen MR) is 121 cm³/mol. The fraction of sp³-hybridized carbons (Fsp3) is 0.409. The summed E-state index contributed by atoms with van der Waals surface area (Å²) in [5.41, 5.74) is 2.42. The van der Waals surface area contributed by atoms with Gasteiger partial charge in [-0.3, -0.25) is 9.20 Å². The normalized spacial score (nSPS) is 20.2. The van der Waals surface area contributed by atoms with Gasteiger partial charge in [0.25, 0.3) is 5.91 Å². The highest BCUT2D eigenvalue weighted by Gasteiger charge is 2.32. The second-order valence-corrected chi connectivity index (χ2v) is 10.4. The van der Waals surface area contributed by atoms with Gasteiger partial charge < -0.3 is 9.80 Å². The van der Waals surface area contributed by atoms with Crippen LogP contribution in [-0.4, -0.2) is 83.7 Å². The quantitative estimate of drug-likeness (QED) is 0.593. The minimum atomic E-state index is -3.23. The molecule has 1 unspecified atom stereocenters. The molecule has 9 nitrogen and oxygen atoms in total. The highest BCUT2D eigenvalue weighted by Crippen LogP contribution is 2.28. The smallest absolute Gasteiger partial charge is 0.255 e. The Kier molecular flexibility index (Phi) is 5.34. The Balaban J connectivity index is 1.32. The molecule has 0 saturated carbocycles. The Hall–Kier alpha value is -2.98. The van der Waals surface area contributed by atoms with Crippen LogP contribution in [0.5, 0.6) is 0 Å². The fourth-order valence-corrected chi connectivity index (χ4v) is 5.43. The van der Waals surface area contributed by atoms with Gasteiger partial charge in [0.15, 0.2) is 5.65 Å². The largest absolute Gasteiger partial charge is 0.368 e. The van der Waals surface area contributed by atoms with Crippen molar-refractivity contribution in [2.45, 2.75) is 12.3 Å². The standard InChI is InChI=1S/C22H26N6O3S/c1-32(30,31)27-10-9-17(15-27)21-24-23-20-8-7-18(16-28(20)21)22(29)26-13-11-25(12-14-26)19-5-3-2-4-6-19/h2-8,16-17H,9-15H2,1H3. The van der Waals surface area contributed by atoms with Crippen molar-refractivity contribution in [2.75, 3.05) is 50.4 Å². The van der Waals surface area contributed by atoms with Crippen molar-refractivity contribution in [2.24, 2.45) is 0 Å². The second kappa shape index (κ2) is 8.18. The van der Waals surface area contributed by atoms with Gasteiger partial charge in [-0.2, -0.15) is 0 Å². The second-order valence-electron chi connectivity index (χ2n) is 8.43. The summed E-state index contributed by atoms with van der Waals surface area (Å²) in [6.45, 7) is 3.76. The van der Waals surface area contributed by atoms with Crippen LogP contribution in [0.3, 0.4) is 0 Å². The summed E-state index contributed by atoms with van der Waals surface area (Å²) in [4.78, 5) is 17.4.